The number of halogens is 2. The quantitative estimate of drug-likeness (QED) is 0.894. The minimum Gasteiger partial charge on any atom is -0.496 e. The van der Waals surface area contributed by atoms with Gasteiger partial charge >= 0.3 is 0 Å². The van der Waals surface area contributed by atoms with Crippen LogP contribution in [0.2, 0.25) is 5.02 Å². The predicted octanol–water partition coefficient (Wildman–Crippen LogP) is 4.17. The Balaban J connectivity index is 2.40. The summed E-state index contributed by atoms with van der Waals surface area (Å²) in [5.41, 5.74) is 8.16. The van der Waals surface area contributed by atoms with Gasteiger partial charge in [0.05, 0.1) is 24.7 Å². The fraction of sp³-hybridized carbons (Fsp3) is 0.200. The van der Waals surface area contributed by atoms with Crippen LogP contribution in [0.3, 0.4) is 0 Å². The molecule has 2 aromatic rings. The van der Waals surface area contributed by atoms with Gasteiger partial charge in [0.2, 0.25) is 0 Å². The highest BCUT2D eigenvalue weighted by Gasteiger charge is 2.15. The van der Waals surface area contributed by atoms with Crippen molar-refractivity contribution >= 4 is 27.5 Å². The third-order valence-electron chi connectivity index (χ3n) is 3.07. The standard InChI is InChI=1S/C15H15BrClNO2/c1-19-13-6-3-9(7-12(13)16)15(18)11-5-4-10(17)8-14(11)20-2/h3-8,15H,18H2,1-2H3. The van der Waals surface area contributed by atoms with E-state index in [-0.39, 0.29) is 6.04 Å². The van der Waals surface area contributed by atoms with Crippen molar-refractivity contribution in [3.63, 3.8) is 0 Å². The van der Waals surface area contributed by atoms with Gasteiger partial charge in [0.25, 0.3) is 0 Å². The maximum Gasteiger partial charge on any atom is 0.133 e. The lowest BCUT2D eigenvalue weighted by Crippen LogP contribution is -2.13. The Labute approximate surface area is 131 Å². The van der Waals surface area contributed by atoms with E-state index in [0.717, 1.165) is 21.3 Å². The summed E-state index contributed by atoms with van der Waals surface area (Å²) in [6, 6.07) is 10.9. The molecule has 2 N–H and O–H groups in total. The number of nitrogens with two attached hydrogens (primary N) is 1. The molecule has 0 bridgehead atoms. The highest BCUT2D eigenvalue weighted by molar-refractivity contribution is 9.10. The maximum atomic E-state index is 6.32. The average molecular weight is 357 g/mol. The first-order valence-electron chi connectivity index (χ1n) is 5.99. The van der Waals surface area contributed by atoms with Crippen LogP contribution in [-0.4, -0.2) is 14.2 Å². The molecule has 0 aliphatic carbocycles. The van der Waals surface area contributed by atoms with Gasteiger partial charge in [-0.05, 0) is 45.8 Å². The van der Waals surface area contributed by atoms with E-state index in [2.05, 4.69) is 15.9 Å². The Morgan fingerprint density at radius 2 is 1.75 bits per heavy atom. The molecule has 0 aliphatic rings. The second-order valence-corrected chi connectivity index (χ2v) is 5.55. The Bertz CT molecular complexity index is 619. The van der Waals surface area contributed by atoms with E-state index in [1.54, 1.807) is 26.4 Å². The van der Waals surface area contributed by atoms with E-state index in [4.69, 9.17) is 26.8 Å². The van der Waals surface area contributed by atoms with Crippen molar-refractivity contribution in [1.82, 2.24) is 0 Å². The van der Waals surface area contributed by atoms with Crippen molar-refractivity contribution in [2.75, 3.05) is 14.2 Å². The normalized spacial score (nSPS) is 12.1. The van der Waals surface area contributed by atoms with Crippen LogP contribution >= 0.6 is 27.5 Å². The first-order valence-corrected chi connectivity index (χ1v) is 7.16. The highest BCUT2D eigenvalue weighted by atomic mass is 79.9. The predicted molar refractivity (Wildman–Crippen MR) is 84.7 cm³/mol. The van der Waals surface area contributed by atoms with Gasteiger partial charge in [-0.15, -0.1) is 0 Å². The first kappa shape index (κ1) is 15.2. The molecule has 1 unspecified atom stereocenters. The van der Waals surface area contributed by atoms with Crippen molar-refractivity contribution < 1.29 is 9.47 Å². The van der Waals surface area contributed by atoms with Crippen LogP contribution in [0.15, 0.2) is 40.9 Å². The van der Waals surface area contributed by atoms with Gasteiger partial charge in [-0.1, -0.05) is 23.7 Å². The lowest BCUT2D eigenvalue weighted by Gasteiger charge is -2.17. The average Bonchev–Trinajstić information content (AvgIpc) is 2.46. The third kappa shape index (κ3) is 3.08. The van der Waals surface area contributed by atoms with Crippen molar-refractivity contribution in [2.45, 2.75) is 6.04 Å². The molecule has 2 aromatic carbocycles. The summed E-state index contributed by atoms with van der Waals surface area (Å²) in [5.74, 6) is 1.45. The summed E-state index contributed by atoms with van der Waals surface area (Å²) in [4.78, 5) is 0. The van der Waals surface area contributed by atoms with E-state index in [1.807, 2.05) is 24.3 Å². The molecular formula is C15H15BrClNO2. The molecule has 0 spiro atoms. The van der Waals surface area contributed by atoms with Crippen LogP contribution in [0.1, 0.15) is 17.2 Å². The van der Waals surface area contributed by atoms with Crippen LogP contribution in [0, 0.1) is 0 Å². The van der Waals surface area contributed by atoms with Gasteiger partial charge in [-0.25, -0.2) is 0 Å². The molecule has 0 amide bonds. The van der Waals surface area contributed by atoms with E-state index in [1.165, 1.54) is 0 Å². The summed E-state index contributed by atoms with van der Waals surface area (Å²) in [7, 11) is 3.23. The molecule has 20 heavy (non-hydrogen) atoms. The SMILES string of the molecule is COc1ccc(C(N)c2ccc(Cl)cc2OC)cc1Br. The van der Waals surface area contributed by atoms with E-state index in [0.29, 0.717) is 10.8 Å². The zero-order valence-electron chi connectivity index (χ0n) is 11.2. The molecule has 0 aromatic heterocycles. The van der Waals surface area contributed by atoms with Gasteiger partial charge in [-0.2, -0.15) is 0 Å². The molecule has 2 rings (SSSR count). The van der Waals surface area contributed by atoms with Crippen LogP contribution in [0.25, 0.3) is 0 Å². The van der Waals surface area contributed by atoms with E-state index >= 15 is 0 Å². The fourth-order valence-corrected chi connectivity index (χ4v) is 2.72. The summed E-state index contributed by atoms with van der Waals surface area (Å²) >= 11 is 9.43. The number of benzene rings is 2. The van der Waals surface area contributed by atoms with E-state index < -0.39 is 0 Å². The van der Waals surface area contributed by atoms with Crippen molar-refractivity contribution in [2.24, 2.45) is 5.73 Å². The molecule has 0 radical (unpaired) electrons. The van der Waals surface area contributed by atoms with Gasteiger partial charge < -0.3 is 15.2 Å². The first-order chi connectivity index (χ1) is 9.56. The Morgan fingerprint density at radius 1 is 1.05 bits per heavy atom. The minimum absolute atomic E-state index is 0.301. The van der Waals surface area contributed by atoms with E-state index in [9.17, 15) is 0 Å². The summed E-state index contributed by atoms with van der Waals surface area (Å²) < 4.78 is 11.4. The molecule has 0 saturated heterocycles. The Hall–Kier alpha value is -1.23. The van der Waals surface area contributed by atoms with Crippen molar-refractivity contribution in [1.29, 1.82) is 0 Å². The van der Waals surface area contributed by atoms with Gasteiger partial charge in [0.15, 0.2) is 0 Å². The van der Waals surface area contributed by atoms with Crippen molar-refractivity contribution in [3.05, 3.63) is 57.0 Å². The largest absolute Gasteiger partial charge is 0.496 e. The monoisotopic (exact) mass is 355 g/mol. The number of methoxy groups -OCH3 is 2. The van der Waals surface area contributed by atoms with Crippen LogP contribution < -0.4 is 15.2 Å². The molecule has 0 saturated carbocycles. The van der Waals surface area contributed by atoms with Gasteiger partial charge in [0.1, 0.15) is 11.5 Å². The van der Waals surface area contributed by atoms with Crippen LogP contribution in [-0.2, 0) is 0 Å². The number of hydrogen-bond donors (Lipinski definition) is 1. The summed E-state index contributed by atoms with van der Waals surface area (Å²) in [6.07, 6.45) is 0. The molecular weight excluding hydrogens is 342 g/mol. The number of hydrogen-bond acceptors (Lipinski definition) is 3. The highest BCUT2D eigenvalue weighted by Crippen LogP contribution is 2.34. The smallest absolute Gasteiger partial charge is 0.133 e. The molecule has 3 nitrogen and oxygen atoms in total. The second kappa shape index (κ2) is 6.48. The molecule has 0 aliphatic heterocycles. The zero-order valence-corrected chi connectivity index (χ0v) is 13.5. The molecule has 0 heterocycles. The Morgan fingerprint density at radius 3 is 2.35 bits per heavy atom. The summed E-state index contributed by atoms with van der Waals surface area (Å²) in [6.45, 7) is 0. The number of ether oxygens (including phenoxy) is 2. The summed E-state index contributed by atoms with van der Waals surface area (Å²) in [5, 5.41) is 0.619. The van der Waals surface area contributed by atoms with Gasteiger partial charge in [-0.3, -0.25) is 0 Å². The number of rotatable bonds is 4. The lowest BCUT2D eigenvalue weighted by atomic mass is 9.98. The molecule has 106 valence electrons. The zero-order chi connectivity index (χ0) is 14.7. The molecule has 0 fully saturated rings. The second-order valence-electron chi connectivity index (χ2n) is 4.26. The van der Waals surface area contributed by atoms with Crippen LogP contribution in [0.5, 0.6) is 11.5 Å². The Kier molecular flexibility index (Phi) is 4.91. The minimum atomic E-state index is -0.301. The topological polar surface area (TPSA) is 44.5 Å². The molecule has 5 heteroatoms. The van der Waals surface area contributed by atoms with Gasteiger partial charge in [0, 0.05) is 10.6 Å². The third-order valence-corrected chi connectivity index (χ3v) is 3.92. The fourth-order valence-electron chi connectivity index (χ4n) is 2.00. The van der Waals surface area contributed by atoms with Crippen LogP contribution in [0.4, 0.5) is 0 Å². The molecule has 1 atom stereocenters. The lowest BCUT2D eigenvalue weighted by molar-refractivity contribution is 0.407. The van der Waals surface area contributed by atoms with Crippen molar-refractivity contribution in [3.8, 4) is 11.5 Å². The maximum absolute atomic E-state index is 6.32.